The highest BCUT2D eigenvalue weighted by Crippen LogP contribution is 2.48. The third-order valence-electron chi connectivity index (χ3n) is 4.33. The smallest absolute Gasteiger partial charge is 0.291 e. The van der Waals surface area contributed by atoms with Gasteiger partial charge in [-0.2, -0.15) is 9.78 Å². The van der Waals surface area contributed by atoms with E-state index >= 15 is 0 Å². The minimum absolute atomic E-state index is 0.0790. The Balaban J connectivity index is 1.80. The number of rotatable bonds is 6. The normalized spacial score (nSPS) is 15.3. The van der Waals surface area contributed by atoms with Crippen LogP contribution in [-0.2, 0) is 0 Å². The summed E-state index contributed by atoms with van der Waals surface area (Å²) < 4.78 is 1.15. The third-order valence-corrected chi connectivity index (χ3v) is 5.39. The maximum Gasteiger partial charge on any atom is 0.291 e. The first kappa shape index (κ1) is 17.5. The Kier molecular flexibility index (Phi) is 5.06. The summed E-state index contributed by atoms with van der Waals surface area (Å²) in [6, 6.07) is 5.18. The molecule has 2 aromatic rings. The number of nitrogens with zero attached hydrogens (tertiary/aromatic N) is 2. The Morgan fingerprint density at radius 1 is 1.25 bits per heavy atom. The molecule has 1 aliphatic rings. The predicted octanol–water partition coefficient (Wildman–Crippen LogP) is 3.77. The van der Waals surface area contributed by atoms with Crippen LogP contribution >= 0.6 is 34.8 Å². The average molecular weight is 389 g/mol. The number of aliphatic hydroxyl groups is 1. The summed E-state index contributed by atoms with van der Waals surface area (Å²) in [6.45, 7) is 0.956. The fraction of sp³-hybridized carbons (Fsp3) is 0.375. The van der Waals surface area contributed by atoms with E-state index in [2.05, 4.69) is 10.4 Å². The van der Waals surface area contributed by atoms with Crippen molar-refractivity contribution in [3.63, 3.8) is 0 Å². The van der Waals surface area contributed by atoms with Crippen LogP contribution in [0.3, 0.4) is 0 Å². The van der Waals surface area contributed by atoms with Gasteiger partial charge in [-0.15, -0.1) is 0 Å². The van der Waals surface area contributed by atoms with E-state index in [4.69, 9.17) is 39.9 Å². The SMILES string of the molecule is O=c1c(Cl)c(Cl)cnn1-c1ccc(NCC2(CCO)CC2)c(Cl)c1. The quantitative estimate of drug-likeness (QED) is 0.790. The van der Waals surface area contributed by atoms with Crippen LogP contribution < -0.4 is 10.9 Å². The number of hydrogen-bond donors (Lipinski definition) is 2. The summed E-state index contributed by atoms with van der Waals surface area (Å²) in [7, 11) is 0. The van der Waals surface area contributed by atoms with Crippen LogP contribution in [0, 0.1) is 5.41 Å². The third kappa shape index (κ3) is 3.54. The highest BCUT2D eigenvalue weighted by atomic mass is 35.5. The molecule has 0 radical (unpaired) electrons. The molecule has 24 heavy (non-hydrogen) atoms. The van der Waals surface area contributed by atoms with Crippen molar-refractivity contribution in [2.45, 2.75) is 19.3 Å². The number of anilines is 1. The number of nitrogens with one attached hydrogen (secondary N) is 1. The highest BCUT2D eigenvalue weighted by molar-refractivity contribution is 6.41. The largest absolute Gasteiger partial charge is 0.396 e. The molecule has 0 saturated heterocycles. The molecule has 8 heteroatoms. The van der Waals surface area contributed by atoms with E-state index in [0.29, 0.717) is 10.7 Å². The van der Waals surface area contributed by atoms with Crippen LogP contribution in [0.1, 0.15) is 19.3 Å². The first-order valence-corrected chi connectivity index (χ1v) is 8.67. The number of benzene rings is 1. The summed E-state index contributed by atoms with van der Waals surface area (Å²) in [6.07, 6.45) is 4.33. The maximum absolute atomic E-state index is 12.1. The second-order valence-corrected chi connectivity index (χ2v) is 7.21. The van der Waals surface area contributed by atoms with Gasteiger partial charge in [-0.3, -0.25) is 4.79 Å². The second-order valence-electron chi connectivity index (χ2n) is 6.01. The van der Waals surface area contributed by atoms with Gasteiger partial charge in [-0.1, -0.05) is 34.8 Å². The average Bonchev–Trinajstić information content (AvgIpc) is 3.32. The van der Waals surface area contributed by atoms with Gasteiger partial charge in [0.05, 0.1) is 27.6 Å². The molecule has 0 bridgehead atoms. The van der Waals surface area contributed by atoms with Crippen LogP contribution in [-0.4, -0.2) is 28.0 Å². The fourth-order valence-electron chi connectivity index (χ4n) is 2.59. The molecule has 0 spiro atoms. The van der Waals surface area contributed by atoms with Crippen LogP contribution in [0.2, 0.25) is 15.1 Å². The van der Waals surface area contributed by atoms with Gasteiger partial charge in [0.2, 0.25) is 0 Å². The van der Waals surface area contributed by atoms with Gasteiger partial charge in [0, 0.05) is 13.2 Å². The van der Waals surface area contributed by atoms with Crippen molar-refractivity contribution in [3.05, 3.63) is 49.8 Å². The summed E-state index contributed by atoms with van der Waals surface area (Å²) in [5.41, 5.74) is 0.961. The maximum atomic E-state index is 12.1. The molecule has 0 atom stereocenters. The lowest BCUT2D eigenvalue weighted by atomic mass is 10.0. The molecule has 1 heterocycles. The summed E-state index contributed by atoms with van der Waals surface area (Å²) in [5, 5.41) is 16.9. The molecule has 0 aliphatic heterocycles. The van der Waals surface area contributed by atoms with Gasteiger partial charge in [-0.25, -0.2) is 0 Å². The molecule has 1 aromatic heterocycles. The van der Waals surface area contributed by atoms with Gasteiger partial charge in [0.15, 0.2) is 0 Å². The number of halogens is 3. The van der Waals surface area contributed by atoms with Gasteiger partial charge in [0.1, 0.15) is 5.02 Å². The Labute approximate surface area is 154 Å². The zero-order valence-electron chi connectivity index (χ0n) is 12.7. The first-order chi connectivity index (χ1) is 11.5. The van der Waals surface area contributed by atoms with E-state index in [1.807, 2.05) is 0 Å². The summed E-state index contributed by atoms with van der Waals surface area (Å²) in [5.74, 6) is 0. The van der Waals surface area contributed by atoms with E-state index in [1.165, 1.54) is 6.20 Å². The number of aromatic nitrogens is 2. The first-order valence-electron chi connectivity index (χ1n) is 7.54. The Morgan fingerprint density at radius 3 is 2.62 bits per heavy atom. The molecule has 1 saturated carbocycles. The Hall–Kier alpha value is -1.27. The van der Waals surface area contributed by atoms with E-state index < -0.39 is 5.56 Å². The zero-order chi connectivity index (χ0) is 17.3. The number of hydrogen-bond acceptors (Lipinski definition) is 4. The van der Waals surface area contributed by atoms with E-state index in [9.17, 15) is 4.79 Å². The molecule has 1 fully saturated rings. The van der Waals surface area contributed by atoms with Crippen molar-refractivity contribution in [1.29, 1.82) is 0 Å². The Bertz CT molecular complexity index is 819. The van der Waals surface area contributed by atoms with Crippen molar-refractivity contribution >= 4 is 40.5 Å². The van der Waals surface area contributed by atoms with Crippen LogP contribution in [0.5, 0.6) is 0 Å². The molecule has 1 aliphatic carbocycles. The van der Waals surface area contributed by atoms with Crippen molar-refractivity contribution in [2.75, 3.05) is 18.5 Å². The molecule has 5 nitrogen and oxygen atoms in total. The van der Waals surface area contributed by atoms with Gasteiger partial charge in [0.25, 0.3) is 5.56 Å². The van der Waals surface area contributed by atoms with Crippen molar-refractivity contribution in [2.24, 2.45) is 5.41 Å². The van der Waals surface area contributed by atoms with E-state index in [1.54, 1.807) is 18.2 Å². The van der Waals surface area contributed by atoms with Crippen LogP contribution in [0.4, 0.5) is 5.69 Å². The monoisotopic (exact) mass is 387 g/mol. The minimum atomic E-state index is -0.499. The summed E-state index contributed by atoms with van der Waals surface area (Å²) >= 11 is 18.0. The molecule has 3 rings (SSSR count). The molecule has 128 valence electrons. The van der Waals surface area contributed by atoms with Gasteiger partial charge < -0.3 is 10.4 Å². The summed E-state index contributed by atoms with van der Waals surface area (Å²) in [4.78, 5) is 12.1. The highest BCUT2D eigenvalue weighted by Gasteiger charge is 2.41. The lowest BCUT2D eigenvalue weighted by Gasteiger charge is -2.17. The molecular formula is C16H16Cl3N3O2. The van der Waals surface area contributed by atoms with Crippen LogP contribution in [0.15, 0.2) is 29.2 Å². The zero-order valence-corrected chi connectivity index (χ0v) is 15.0. The van der Waals surface area contributed by atoms with E-state index in [-0.39, 0.29) is 22.1 Å². The predicted molar refractivity (Wildman–Crippen MR) is 96.7 cm³/mol. The molecule has 0 unspecified atom stereocenters. The number of aliphatic hydroxyl groups excluding tert-OH is 1. The van der Waals surface area contributed by atoms with Crippen molar-refractivity contribution in [1.82, 2.24) is 9.78 Å². The molecular weight excluding hydrogens is 373 g/mol. The lowest BCUT2D eigenvalue weighted by molar-refractivity contribution is 0.253. The lowest BCUT2D eigenvalue weighted by Crippen LogP contribution is -2.21. The van der Waals surface area contributed by atoms with Crippen molar-refractivity contribution < 1.29 is 5.11 Å². The Morgan fingerprint density at radius 2 is 2.00 bits per heavy atom. The van der Waals surface area contributed by atoms with Crippen molar-refractivity contribution in [3.8, 4) is 5.69 Å². The molecule has 1 aromatic carbocycles. The van der Waals surface area contributed by atoms with Gasteiger partial charge in [-0.05, 0) is 42.9 Å². The van der Waals surface area contributed by atoms with Crippen LogP contribution in [0.25, 0.3) is 5.69 Å². The standard InChI is InChI=1S/C16H16Cl3N3O2/c17-11-7-10(22-15(24)14(19)12(18)8-21-22)1-2-13(11)20-9-16(3-4-16)5-6-23/h1-2,7-8,20,23H,3-6,9H2. The minimum Gasteiger partial charge on any atom is -0.396 e. The molecule has 0 amide bonds. The fourth-order valence-corrected chi connectivity index (χ4v) is 3.08. The van der Waals surface area contributed by atoms with E-state index in [0.717, 1.165) is 36.2 Å². The van der Waals surface area contributed by atoms with Gasteiger partial charge >= 0.3 is 0 Å². The molecule has 2 N–H and O–H groups in total. The second kappa shape index (κ2) is 6.92. The topological polar surface area (TPSA) is 67.2 Å².